The summed E-state index contributed by atoms with van der Waals surface area (Å²) in [5.41, 5.74) is 0.0411. The number of nitro groups is 1. The Morgan fingerprint density at radius 1 is 1.43 bits per heavy atom. The molecular weight excluding hydrogens is 300 g/mol. The second kappa shape index (κ2) is 6.64. The maximum atomic E-state index is 12.3. The van der Waals surface area contributed by atoms with Crippen molar-refractivity contribution in [3.8, 4) is 0 Å². The lowest BCUT2D eigenvalue weighted by atomic mass is 10.2. The first kappa shape index (κ1) is 17.1. The number of carbonyl (C=O) groups is 1. The highest BCUT2D eigenvalue weighted by atomic mass is 32.2. The minimum absolute atomic E-state index is 0.0834. The van der Waals surface area contributed by atoms with Gasteiger partial charge in [0.1, 0.15) is 6.54 Å². The quantitative estimate of drug-likeness (QED) is 0.441. The molecule has 0 saturated heterocycles. The van der Waals surface area contributed by atoms with Crippen LogP contribution in [0.1, 0.15) is 12.5 Å². The van der Waals surface area contributed by atoms with E-state index in [4.69, 9.17) is 4.74 Å². The summed E-state index contributed by atoms with van der Waals surface area (Å²) in [6.45, 7) is 2.81. The number of aryl methyl sites for hydroxylation is 1. The molecule has 0 N–H and O–H groups in total. The van der Waals surface area contributed by atoms with Crippen LogP contribution in [0.2, 0.25) is 0 Å². The third-order valence-electron chi connectivity index (χ3n) is 2.71. The van der Waals surface area contributed by atoms with Gasteiger partial charge in [0.2, 0.25) is 10.0 Å². The number of esters is 1. The summed E-state index contributed by atoms with van der Waals surface area (Å²) in [5, 5.41) is 10.6. The fraction of sp³-hybridized carbons (Fsp3) is 0.417. The van der Waals surface area contributed by atoms with E-state index in [-0.39, 0.29) is 22.8 Å². The van der Waals surface area contributed by atoms with Crippen LogP contribution in [0.15, 0.2) is 23.1 Å². The van der Waals surface area contributed by atoms with E-state index < -0.39 is 27.5 Å². The summed E-state index contributed by atoms with van der Waals surface area (Å²) in [6.07, 6.45) is 0. The van der Waals surface area contributed by atoms with E-state index in [0.29, 0.717) is 0 Å². The van der Waals surface area contributed by atoms with Gasteiger partial charge in [0.25, 0.3) is 5.69 Å². The number of rotatable bonds is 6. The van der Waals surface area contributed by atoms with Crippen LogP contribution in [0, 0.1) is 17.0 Å². The third kappa shape index (κ3) is 3.99. The van der Waals surface area contributed by atoms with E-state index >= 15 is 0 Å². The monoisotopic (exact) mass is 316 g/mol. The van der Waals surface area contributed by atoms with Gasteiger partial charge in [0.05, 0.1) is 16.4 Å². The molecule has 8 nitrogen and oxygen atoms in total. The van der Waals surface area contributed by atoms with Crippen molar-refractivity contribution < 1.29 is 22.9 Å². The fourth-order valence-corrected chi connectivity index (χ4v) is 2.99. The van der Waals surface area contributed by atoms with Crippen molar-refractivity contribution >= 4 is 21.7 Å². The Morgan fingerprint density at radius 2 is 2.05 bits per heavy atom. The maximum Gasteiger partial charge on any atom is 0.321 e. The van der Waals surface area contributed by atoms with Crippen LogP contribution < -0.4 is 0 Å². The normalized spacial score (nSPS) is 11.4. The molecule has 0 aliphatic rings. The molecule has 0 aliphatic carbocycles. The average molecular weight is 316 g/mol. The lowest BCUT2D eigenvalue weighted by molar-refractivity contribution is -0.385. The molecule has 0 spiro atoms. The summed E-state index contributed by atoms with van der Waals surface area (Å²) in [6, 6.07) is 3.44. The number of nitrogens with zero attached hydrogens (tertiary/aromatic N) is 2. The average Bonchev–Trinajstić information content (AvgIpc) is 2.38. The Bertz CT molecular complexity index is 656. The van der Waals surface area contributed by atoms with Crippen molar-refractivity contribution in [2.24, 2.45) is 0 Å². The van der Waals surface area contributed by atoms with Gasteiger partial charge in [-0.15, -0.1) is 0 Å². The maximum absolute atomic E-state index is 12.3. The van der Waals surface area contributed by atoms with Crippen molar-refractivity contribution in [2.45, 2.75) is 18.7 Å². The van der Waals surface area contributed by atoms with Crippen molar-refractivity contribution in [3.05, 3.63) is 33.9 Å². The van der Waals surface area contributed by atoms with Gasteiger partial charge in [-0.1, -0.05) is 0 Å². The smallest absolute Gasteiger partial charge is 0.321 e. The van der Waals surface area contributed by atoms with Crippen molar-refractivity contribution in [1.29, 1.82) is 0 Å². The highest BCUT2D eigenvalue weighted by molar-refractivity contribution is 7.89. The summed E-state index contributed by atoms with van der Waals surface area (Å²) in [4.78, 5) is 21.3. The molecule has 9 heteroatoms. The second-order valence-corrected chi connectivity index (χ2v) is 6.29. The molecule has 0 aliphatic heterocycles. The summed E-state index contributed by atoms with van der Waals surface area (Å²) < 4.78 is 30.2. The molecule has 0 radical (unpaired) electrons. The molecule has 0 fully saturated rings. The Labute approximate surface area is 122 Å². The molecule has 1 aromatic carbocycles. The molecule has 0 atom stereocenters. The lowest BCUT2D eigenvalue weighted by Gasteiger charge is -2.17. The van der Waals surface area contributed by atoms with Gasteiger partial charge in [-0.2, -0.15) is 4.31 Å². The molecule has 1 rings (SSSR count). The number of sulfonamides is 1. The molecule has 116 valence electrons. The van der Waals surface area contributed by atoms with Gasteiger partial charge in [0.15, 0.2) is 0 Å². The number of nitro benzene ring substituents is 1. The summed E-state index contributed by atoms with van der Waals surface area (Å²) in [5.74, 6) is -0.664. The molecule has 0 heterocycles. The number of benzene rings is 1. The van der Waals surface area contributed by atoms with E-state index in [1.54, 1.807) is 6.92 Å². The van der Waals surface area contributed by atoms with E-state index in [0.717, 1.165) is 16.4 Å². The van der Waals surface area contributed by atoms with Crippen LogP contribution in [0.25, 0.3) is 0 Å². The van der Waals surface area contributed by atoms with Crippen molar-refractivity contribution in [1.82, 2.24) is 4.31 Å². The van der Waals surface area contributed by atoms with E-state index in [1.807, 2.05) is 0 Å². The minimum Gasteiger partial charge on any atom is -0.465 e. The van der Waals surface area contributed by atoms with E-state index in [9.17, 15) is 23.3 Å². The number of hydrogen-bond donors (Lipinski definition) is 0. The zero-order chi connectivity index (χ0) is 16.2. The Balaban J connectivity index is 3.07. The van der Waals surface area contributed by atoms with Gasteiger partial charge in [-0.3, -0.25) is 14.9 Å². The van der Waals surface area contributed by atoms with Crippen molar-refractivity contribution in [2.75, 3.05) is 20.2 Å². The molecular formula is C12H16N2O6S. The predicted molar refractivity (Wildman–Crippen MR) is 74.3 cm³/mol. The summed E-state index contributed by atoms with van der Waals surface area (Å²) >= 11 is 0. The first-order valence-corrected chi connectivity index (χ1v) is 7.51. The number of hydrogen-bond acceptors (Lipinski definition) is 6. The highest BCUT2D eigenvalue weighted by Gasteiger charge is 2.26. The van der Waals surface area contributed by atoms with Gasteiger partial charge in [-0.25, -0.2) is 8.42 Å². The zero-order valence-corrected chi connectivity index (χ0v) is 12.7. The summed E-state index contributed by atoms with van der Waals surface area (Å²) in [7, 11) is -2.67. The highest BCUT2D eigenvalue weighted by Crippen LogP contribution is 2.23. The number of likely N-dealkylation sites (N-methyl/N-ethyl adjacent to an activating group) is 1. The topological polar surface area (TPSA) is 107 Å². The second-order valence-electron chi connectivity index (χ2n) is 4.27. The Morgan fingerprint density at radius 3 is 2.52 bits per heavy atom. The molecule has 0 bridgehead atoms. The number of ether oxygens (including phenoxy) is 1. The fourth-order valence-electron chi connectivity index (χ4n) is 1.68. The minimum atomic E-state index is -3.92. The van der Waals surface area contributed by atoms with Gasteiger partial charge >= 0.3 is 5.97 Å². The van der Waals surface area contributed by atoms with Gasteiger partial charge < -0.3 is 4.74 Å². The molecule has 1 aromatic rings. The third-order valence-corrected chi connectivity index (χ3v) is 4.68. The Kier molecular flexibility index (Phi) is 5.39. The zero-order valence-electron chi connectivity index (χ0n) is 11.9. The predicted octanol–water partition coefficient (Wildman–Crippen LogP) is 1.09. The largest absolute Gasteiger partial charge is 0.465 e. The van der Waals surface area contributed by atoms with Crippen molar-refractivity contribution in [3.63, 3.8) is 0 Å². The van der Waals surface area contributed by atoms with Gasteiger partial charge in [-0.05, 0) is 25.5 Å². The first-order valence-electron chi connectivity index (χ1n) is 6.07. The van der Waals surface area contributed by atoms with E-state index in [1.165, 1.54) is 20.0 Å². The first-order chi connectivity index (χ1) is 9.70. The van der Waals surface area contributed by atoms with Crippen LogP contribution >= 0.6 is 0 Å². The van der Waals surface area contributed by atoms with Gasteiger partial charge in [0, 0.05) is 19.2 Å². The molecule has 21 heavy (non-hydrogen) atoms. The molecule has 0 amide bonds. The van der Waals surface area contributed by atoms with Crippen LogP contribution in [0.5, 0.6) is 0 Å². The Hall–Kier alpha value is -2.00. The van der Waals surface area contributed by atoms with Crippen LogP contribution in [-0.4, -0.2) is 43.8 Å². The van der Waals surface area contributed by atoms with Crippen LogP contribution in [0.4, 0.5) is 5.69 Å². The van der Waals surface area contributed by atoms with Crippen LogP contribution in [-0.2, 0) is 19.6 Å². The van der Waals surface area contributed by atoms with E-state index in [2.05, 4.69) is 0 Å². The number of carbonyl (C=O) groups excluding carboxylic acids is 1. The SMILES string of the molecule is CCOC(=O)CN(C)S(=O)(=O)c1ccc([N+](=O)[O-])cc1C. The molecule has 0 saturated carbocycles. The molecule has 0 aromatic heterocycles. The molecule has 0 unspecified atom stereocenters. The lowest BCUT2D eigenvalue weighted by Crippen LogP contribution is -2.33. The van der Waals surface area contributed by atoms with Crippen LogP contribution in [0.3, 0.4) is 0 Å². The standard InChI is InChI=1S/C12H16N2O6S/c1-4-20-12(15)8-13(3)21(18,19)11-6-5-10(14(16)17)7-9(11)2/h5-7H,4,8H2,1-3H3. The number of non-ortho nitro benzene ring substituents is 1.